The predicted octanol–water partition coefficient (Wildman–Crippen LogP) is 0.114. The molecule has 2 atom stereocenters. The van der Waals surface area contributed by atoms with Gasteiger partial charge in [-0.2, -0.15) is 0 Å². The van der Waals surface area contributed by atoms with Crippen LogP contribution in [0.15, 0.2) is 0 Å². The van der Waals surface area contributed by atoms with Crippen LogP contribution in [-0.2, 0) is 19.1 Å². The Morgan fingerprint density at radius 2 is 2.29 bits per heavy atom. The van der Waals surface area contributed by atoms with E-state index in [9.17, 15) is 9.59 Å². The van der Waals surface area contributed by atoms with Crippen LogP contribution in [0.3, 0.4) is 0 Å². The van der Waals surface area contributed by atoms with Gasteiger partial charge in [-0.1, -0.05) is 0 Å². The van der Waals surface area contributed by atoms with Gasteiger partial charge < -0.3 is 19.5 Å². The number of carbonyl (C=O) groups is 2. The molecule has 0 unspecified atom stereocenters. The molecule has 6 nitrogen and oxygen atoms in total. The van der Waals surface area contributed by atoms with E-state index in [-0.39, 0.29) is 18.6 Å². The van der Waals surface area contributed by atoms with Crippen LogP contribution < -0.4 is 0 Å². The van der Waals surface area contributed by atoms with Gasteiger partial charge in [0.1, 0.15) is 12.6 Å². The molecule has 1 rings (SSSR count). The van der Waals surface area contributed by atoms with Gasteiger partial charge in [0.05, 0.1) is 12.7 Å². The molecule has 0 aromatic carbocycles. The number of carbonyl (C=O) groups excluding carboxylic acids is 1. The van der Waals surface area contributed by atoms with Crippen LogP contribution in [0.2, 0.25) is 0 Å². The zero-order valence-corrected chi connectivity index (χ0v) is 10.2. The minimum Gasteiger partial charge on any atom is -0.480 e. The van der Waals surface area contributed by atoms with E-state index in [1.807, 2.05) is 0 Å². The van der Waals surface area contributed by atoms with E-state index >= 15 is 0 Å². The van der Waals surface area contributed by atoms with Crippen LogP contribution >= 0.6 is 0 Å². The fourth-order valence-electron chi connectivity index (χ4n) is 1.69. The van der Waals surface area contributed by atoms with Crippen molar-refractivity contribution in [1.29, 1.82) is 0 Å². The molecule has 6 heteroatoms. The van der Waals surface area contributed by atoms with Crippen LogP contribution in [0.1, 0.15) is 19.8 Å². The first-order chi connectivity index (χ1) is 8.00. The summed E-state index contributed by atoms with van der Waals surface area (Å²) < 4.78 is 10.7. The molecule has 0 aromatic heterocycles. The molecular formula is C11H19NO5. The molecule has 0 saturated carbocycles. The number of nitrogens with zero attached hydrogens (tertiary/aromatic N) is 1. The molecule has 1 heterocycles. The normalized spacial score (nSPS) is 21.2. The van der Waals surface area contributed by atoms with Crippen molar-refractivity contribution in [3.63, 3.8) is 0 Å². The van der Waals surface area contributed by atoms with Gasteiger partial charge in [0.2, 0.25) is 0 Å². The molecule has 1 saturated heterocycles. The van der Waals surface area contributed by atoms with Gasteiger partial charge in [-0.05, 0) is 19.8 Å². The quantitative estimate of drug-likeness (QED) is 0.719. The summed E-state index contributed by atoms with van der Waals surface area (Å²) in [5.74, 6) is -1.36. The van der Waals surface area contributed by atoms with E-state index in [0.29, 0.717) is 6.61 Å². The molecule has 98 valence electrons. The highest BCUT2D eigenvalue weighted by Gasteiger charge is 2.22. The molecule has 1 amide bonds. The van der Waals surface area contributed by atoms with Crippen molar-refractivity contribution < 1.29 is 24.2 Å². The second-order valence-electron chi connectivity index (χ2n) is 4.20. The largest absolute Gasteiger partial charge is 0.480 e. The van der Waals surface area contributed by atoms with E-state index in [1.54, 1.807) is 6.92 Å². The van der Waals surface area contributed by atoms with Gasteiger partial charge >= 0.3 is 5.97 Å². The number of hydrogen-bond donors (Lipinski definition) is 1. The third-order valence-electron chi connectivity index (χ3n) is 2.65. The van der Waals surface area contributed by atoms with Crippen LogP contribution in [-0.4, -0.2) is 60.9 Å². The average molecular weight is 245 g/mol. The number of rotatable bonds is 6. The topological polar surface area (TPSA) is 76.1 Å². The minimum atomic E-state index is -1.04. The second kappa shape index (κ2) is 6.56. The standard InChI is InChI=1S/C11H19NO5/c1-8(11(15)12(2)6-10(13)14)17-7-9-4-3-5-16-9/h8-9H,3-7H2,1-2H3,(H,13,14)/t8-,9-/m0/s1. The fourth-order valence-corrected chi connectivity index (χ4v) is 1.69. The Morgan fingerprint density at radius 1 is 1.59 bits per heavy atom. The van der Waals surface area contributed by atoms with Crippen molar-refractivity contribution in [3.8, 4) is 0 Å². The highest BCUT2D eigenvalue weighted by atomic mass is 16.5. The minimum absolute atomic E-state index is 0.0648. The number of amides is 1. The lowest BCUT2D eigenvalue weighted by atomic mass is 10.2. The summed E-state index contributed by atoms with van der Waals surface area (Å²) in [7, 11) is 1.45. The van der Waals surface area contributed by atoms with Gasteiger partial charge in [-0.3, -0.25) is 9.59 Å². The molecule has 0 aromatic rings. The van der Waals surface area contributed by atoms with E-state index in [1.165, 1.54) is 7.05 Å². The van der Waals surface area contributed by atoms with Crippen LogP contribution in [0, 0.1) is 0 Å². The summed E-state index contributed by atoms with van der Waals surface area (Å²) in [5.41, 5.74) is 0. The third kappa shape index (κ3) is 4.70. The molecule has 1 fully saturated rings. The zero-order chi connectivity index (χ0) is 12.8. The van der Waals surface area contributed by atoms with Crippen molar-refractivity contribution in [1.82, 2.24) is 4.90 Å². The monoisotopic (exact) mass is 245 g/mol. The van der Waals surface area contributed by atoms with Crippen molar-refractivity contribution in [2.45, 2.75) is 32.0 Å². The Kier molecular flexibility index (Phi) is 5.37. The molecule has 1 N–H and O–H groups in total. The third-order valence-corrected chi connectivity index (χ3v) is 2.65. The second-order valence-corrected chi connectivity index (χ2v) is 4.20. The highest BCUT2D eigenvalue weighted by Crippen LogP contribution is 2.13. The van der Waals surface area contributed by atoms with Crippen LogP contribution in [0.25, 0.3) is 0 Å². The lowest BCUT2D eigenvalue weighted by Gasteiger charge is -2.21. The molecule has 1 aliphatic rings. The Morgan fingerprint density at radius 3 is 2.82 bits per heavy atom. The van der Waals surface area contributed by atoms with E-state index in [4.69, 9.17) is 14.6 Å². The Hall–Kier alpha value is -1.14. The number of ether oxygens (including phenoxy) is 2. The Balaban J connectivity index is 2.27. The molecular weight excluding hydrogens is 226 g/mol. The van der Waals surface area contributed by atoms with Crippen molar-refractivity contribution >= 4 is 11.9 Å². The lowest BCUT2D eigenvalue weighted by Crippen LogP contribution is -2.40. The van der Waals surface area contributed by atoms with Crippen molar-refractivity contribution in [2.24, 2.45) is 0 Å². The average Bonchev–Trinajstić information content (AvgIpc) is 2.76. The van der Waals surface area contributed by atoms with E-state index in [0.717, 1.165) is 24.3 Å². The van der Waals surface area contributed by atoms with E-state index in [2.05, 4.69) is 0 Å². The summed E-state index contributed by atoms with van der Waals surface area (Å²) >= 11 is 0. The molecule has 0 aliphatic carbocycles. The van der Waals surface area contributed by atoms with Gasteiger partial charge in [0.15, 0.2) is 0 Å². The summed E-state index contributed by atoms with van der Waals surface area (Å²) in [6.45, 7) is 2.44. The Labute approximate surface area is 100 Å². The Bertz CT molecular complexity index is 275. The number of likely N-dealkylation sites (N-methyl/N-ethyl adjacent to an activating group) is 1. The smallest absolute Gasteiger partial charge is 0.323 e. The maximum Gasteiger partial charge on any atom is 0.323 e. The lowest BCUT2D eigenvalue weighted by molar-refractivity contribution is -0.149. The number of hydrogen-bond acceptors (Lipinski definition) is 4. The molecule has 0 radical (unpaired) electrons. The first-order valence-corrected chi connectivity index (χ1v) is 5.70. The first-order valence-electron chi connectivity index (χ1n) is 5.70. The van der Waals surface area contributed by atoms with Crippen molar-refractivity contribution in [2.75, 3.05) is 26.8 Å². The number of carboxylic acid groups (broad SMARTS) is 1. The zero-order valence-electron chi connectivity index (χ0n) is 10.2. The number of carboxylic acids is 1. The summed E-state index contributed by atoms with van der Waals surface area (Å²) in [6.07, 6.45) is 1.40. The number of aliphatic carboxylic acids is 1. The van der Waals surface area contributed by atoms with Gasteiger partial charge in [-0.25, -0.2) is 0 Å². The summed E-state index contributed by atoms with van der Waals surface area (Å²) in [5, 5.41) is 8.56. The molecule has 0 spiro atoms. The molecule has 0 bridgehead atoms. The maximum atomic E-state index is 11.7. The molecule has 1 aliphatic heterocycles. The molecule has 17 heavy (non-hydrogen) atoms. The van der Waals surface area contributed by atoms with Crippen LogP contribution in [0.5, 0.6) is 0 Å². The summed E-state index contributed by atoms with van der Waals surface area (Å²) in [6, 6.07) is 0. The van der Waals surface area contributed by atoms with Gasteiger partial charge in [-0.15, -0.1) is 0 Å². The first kappa shape index (κ1) is 13.9. The van der Waals surface area contributed by atoms with Gasteiger partial charge in [0, 0.05) is 13.7 Å². The van der Waals surface area contributed by atoms with Crippen molar-refractivity contribution in [3.05, 3.63) is 0 Å². The van der Waals surface area contributed by atoms with Crippen LogP contribution in [0.4, 0.5) is 0 Å². The maximum absolute atomic E-state index is 11.7. The van der Waals surface area contributed by atoms with Gasteiger partial charge in [0.25, 0.3) is 5.91 Å². The highest BCUT2D eigenvalue weighted by molar-refractivity contribution is 5.84. The summed E-state index contributed by atoms with van der Waals surface area (Å²) in [4.78, 5) is 23.3. The van der Waals surface area contributed by atoms with E-state index < -0.39 is 12.1 Å². The SMILES string of the molecule is C[C@H](OC[C@@H]1CCCO1)C(=O)N(C)CC(=O)O. The fraction of sp³-hybridized carbons (Fsp3) is 0.818. The predicted molar refractivity (Wildman–Crippen MR) is 59.7 cm³/mol.